The molecule has 0 aliphatic heterocycles. The summed E-state index contributed by atoms with van der Waals surface area (Å²) in [5.41, 5.74) is 6.95. The van der Waals surface area contributed by atoms with Crippen molar-refractivity contribution >= 4 is 28.1 Å². The molecule has 1 atom stereocenters. The van der Waals surface area contributed by atoms with Crippen molar-refractivity contribution in [2.75, 3.05) is 5.73 Å². The Hall–Kier alpha value is -1.39. The molecule has 94 valence electrons. The fourth-order valence-electron chi connectivity index (χ4n) is 1.55. The molecular weight excluding hydrogens is 273 g/mol. The Morgan fingerprint density at radius 3 is 2.61 bits per heavy atom. The van der Waals surface area contributed by atoms with Crippen LogP contribution in [0.5, 0.6) is 0 Å². The summed E-state index contributed by atoms with van der Waals surface area (Å²) in [6, 6.07) is 11.3. The van der Waals surface area contributed by atoms with Crippen LogP contribution >= 0.6 is 11.6 Å². The van der Waals surface area contributed by atoms with Crippen LogP contribution in [-0.2, 0) is 16.6 Å². The number of para-hydroxylation sites is 1. The molecule has 18 heavy (non-hydrogen) atoms. The highest BCUT2D eigenvalue weighted by atomic mass is 35.5. The number of benzene rings is 2. The number of rotatable bonds is 3. The standard InChI is InChI=1S/C13H11ClFNOS/c14-10-7-9(5-6-11(10)15)8-18(17)13-4-2-1-3-12(13)16/h1-7H,8,16H2. The summed E-state index contributed by atoms with van der Waals surface area (Å²) in [5.74, 6) is -0.223. The zero-order chi connectivity index (χ0) is 13.1. The molecule has 0 aromatic heterocycles. The first-order valence-electron chi connectivity index (χ1n) is 5.25. The monoisotopic (exact) mass is 283 g/mol. The Balaban J connectivity index is 2.22. The Bertz CT molecular complexity index is 603. The van der Waals surface area contributed by atoms with Crippen LogP contribution in [0, 0.1) is 5.82 Å². The first kappa shape index (κ1) is 13.1. The maximum atomic E-state index is 13.0. The molecule has 2 nitrogen and oxygen atoms in total. The maximum Gasteiger partial charge on any atom is 0.141 e. The van der Waals surface area contributed by atoms with Gasteiger partial charge in [0.25, 0.3) is 0 Å². The van der Waals surface area contributed by atoms with Crippen molar-refractivity contribution in [1.82, 2.24) is 0 Å². The molecular formula is C13H11ClFNOS. The molecule has 0 saturated carbocycles. The van der Waals surface area contributed by atoms with Gasteiger partial charge in [0.15, 0.2) is 0 Å². The van der Waals surface area contributed by atoms with Crippen LogP contribution in [0.2, 0.25) is 5.02 Å². The fraction of sp³-hybridized carbons (Fsp3) is 0.0769. The zero-order valence-corrected chi connectivity index (χ0v) is 11.0. The van der Waals surface area contributed by atoms with E-state index in [1.807, 2.05) is 0 Å². The molecule has 2 N–H and O–H groups in total. The number of hydrogen-bond acceptors (Lipinski definition) is 2. The van der Waals surface area contributed by atoms with E-state index in [2.05, 4.69) is 0 Å². The van der Waals surface area contributed by atoms with Crippen LogP contribution in [0.1, 0.15) is 5.56 Å². The van der Waals surface area contributed by atoms with Gasteiger partial charge in [-0.15, -0.1) is 0 Å². The first-order chi connectivity index (χ1) is 8.58. The Labute approximate surface area is 112 Å². The number of nitrogen functional groups attached to an aromatic ring is 1. The van der Waals surface area contributed by atoms with Crippen LogP contribution in [0.25, 0.3) is 0 Å². The highest BCUT2D eigenvalue weighted by Gasteiger charge is 2.09. The second kappa shape index (κ2) is 5.50. The van der Waals surface area contributed by atoms with E-state index in [0.717, 1.165) is 0 Å². The van der Waals surface area contributed by atoms with Gasteiger partial charge >= 0.3 is 0 Å². The van der Waals surface area contributed by atoms with E-state index in [1.165, 1.54) is 12.1 Å². The molecule has 0 aliphatic rings. The summed E-state index contributed by atoms with van der Waals surface area (Å²) < 4.78 is 25.1. The minimum atomic E-state index is -1.27. The molecule has 2 aromatic carbocycles. The molecule has 0 radical (unpaired) electrons. The zero-order valence-electron chi connectivity index (χ0n) is 9.40. The molecule has 1 unspecified atom stereocenters. The molecule has 0 aliphatic carbocycles. The lowest BCUT2D eigenvalue weighted by molar-refractivity contribution is 0.627. The predicted molar refractivity (Wildman–Crippen MR) is 72.4 cm³/mol. The van der Waals surface area contributed by atoms with E-state index >= 15 is 0 Å². The van der Waals surface area contributed by atoms with Crippen LogP contribution in [0.15, 0.2) is 47.4 Å². The third-order valence-electron chi connectivity index (χ3n) is 2.45. The minimum Gasteiger partial charge on any atom is -0.398 e. The Morgan fingerprint density at radius 1 is 1.22 bits per heavy atom. The van der Waals surface area contributed by atoms with Gasteiger partial charge in [0.1, 0.15) is 5.82 Å². The van der Waals surface area contributed by atoms with Gasteiger partial charge in [0.05, 0.1) is 26.5 Å². The van der Waals surface area contributed by atoms with Crippen molar-refractivity contribution in [2.24, 2.45) is 0 Å². The van der Waals surface area contributed by atoms with E-state index in [1.54, 1.807) is 30.3 Å². The van der Waals surface area contributed by atoms with Crippen LogP contribution in [0.4, 0.5) is 10.1 Å². The summed E-state index contributed by atoms with van der Waals surface area (Å²) in [4.78, 5) is 0.581. The van der Waals surface area contributed by atoms with Crippen molar-refractivity contribution < 1.29 is 8.60 Å². The number of anilines is 1. The van der Waals surface area contributed by atoms with Crippen molar-refractivity contribution in [2.45, 2.75) is 10.6 Å². The summed E-state index contributed by atoms with van der Waals surface area (Å²) >= 11 is 5.68. The van der Waals surface area contributed by atoms with Gasteiger partial charge in [-0.25, -0.2) is 4.39 Å². The Kier molecular flexibility index (Phi) is 3.99. The third-order valence-corrected chi connectivity index (χ3v) is 4.19. The highest BCUT2D eigenvalue weighted by molar-refractivity contribution is 7.84. The summed E-state index contributed by atoms with van der Waals surface area (Å²) in [6.07, 6.45) is 0. The van der Waals surface area contributed by atoms with Gasteiger partial charge in [-0.1, -0.05) is 29.8 Å². The molecule has 5 heteroatoms. The third kappa shape index (κ3) is 2.89. The molecule has 0 bridgehead atoms. The van der Waals surface area contributed by atoms with E-state index in [-0.39, 0.29) is 10.8 Å². The number of nitrogens with two attached hydrogens (primary N) is 1. The van der Waals surface area contributed by atoms with Crippen molar-refractivity contribution in [3.05, 3.63) is 58.9 Å². The number of hydrogen-bond donors (Lipinski definition) is 1. The van der Waals surface area contributed by atoms with Gasteiger partial charge < -0.3 is 5.73 Å². The second-order valence-corrected chi connectivity index (χ2v) is 5.60. The van der Waals surface area contributed by atoms with Gasteiger partial charge in [0, 0.05) is 5.69 Å². The molecule has 0 saturated heterocycles. The van der Waals surface area contributed by atoms with Crippen molar-refractivity contribution in [1.29, 1.82) is 0 Å². The normalized spacial score (nSPS) is 12.3. The molecule has 0 fully saturated rings. The summed E-state index contributed by atoms with van der Waals surface area (Å²) in [6.45, 7) is 0. The summed E-state index contributed by atoms with van der Waals surface area (Å²) in [7, 11) is -1.27. The smallest absolute Gasteiger partial charge is 0.141 e. The molecule has 0 amide bonds. The molecule has 2 aromatic rings. The van der Waals surface area contributed by atoms with Gasteiger partial charge in [-0.2, -0.15) is 0 Å². The highest BCUT2D eigenvalue weighted by Crippen LogP contribution is 2.21. The van der Waals surface area contributed by atoms with Crippen molar-refractivity contribution in [3.8, 4) is 0 Å². The lowest BCUT2D eigenvalue weighted by atomic mass is 10.2. The van der Waals surface area contributed by atoms with E-state index in [4.69, 9.17) is 17.3 Å². The predicted octanol–water partition coefficient (Wildman–Crippen LogP) is 3.37. The second-order valence-electron chi connectivity index (χ2n) is 3.78. The fourth-order valence-corrected chi connectivity index (χ4v) is 2.95. The first-order valence-corrected chi connectivity index (χ1v) is 6.94. The molecule has 0 heterocycles. The van der Waals surface area contributed by atoms with Gasteiger partial charge in [-0.05, 0) is 29.8 Å². The van der Waals surface area contributed by atoms with Crippen LogP contribution in [0.3, 0.4) is 0 Å². The lowest BCUT2D eigenvalue weighted by Crippen LogP contribution is -2.00. The molecule has 2 rings (SSSR count). The Morgan fingerprint density at radius 2 is 1.94 bits per heavy atom. The van der Waals surface area contributed by atoms with Crippen LogP contribution < -0.4 is 5.73 Å². The topological polar surface area (TPSA) is 43.1 Å². The lowest BCUT2D eigenvalue weighted by Gasteiger charge is -2.06. The SMILES string of the molecule is Nc1ccccc1S(=O)Cc1ccc(F)c(Cl)c1. The van der Waals surface area contributed by atoms with Crippen molar-refractivity contribution in [3.63, 3.8) is 0 Å². The average molecular weight is 284 g/mol. The van der Waals surface area contributed by atoms with Gasteiger partial charge in [-0.3, -0.25) is 4.21 Å². The van der Waals surface area contributed by atoms with Gasteiger partial charge in [0.2, 0.25) is 0 Å². The summed E-state index contributed by atoms with van der Waals surface area (Å²) in [5, 5.41) is 0.0329. The number of halogens is 2. The van der Waals surface area contributed by atoms with E-state index < -0.39 is 16.6 Å². The minimum absolute atomic E-state index is 0.0329. The average Bonchev–Trinajstić information content (AvgIpc) is 2.34. The van der Waals surface area contributed by atoms with Crippen LogP contribution in [-0.4, -0.2) is 4.21 Å². The maximum absolute atomic E-state index is 13.0. The molecule has 0 spiro atoms. The van der Waals surface area contributed by atoms with E-state index in [0.29, 0.717) is 16.1 Å². The largest absolute Gasteiger partial charge is 0.398 e. The van der Waals surface area contributed by atoms with E-state index in [9.17, 15) is 8.60 Å². The quantitative estimate of drug-likeness (QED) is 0.878.